The molecule has 1 aromatic carbocycles. The van der Waals surface area contributed by atoms with E-state index in [1.165, 1.54) is 12.1 Å². The molecule has 3 rings (SSSR count). The first kappa shape index (κ1) is 18.7. The van der Waals surface area contributed by atoms with E-state index in [4.69, 9.17) is 11.6 Å². The van der Waals surface area contributed by atoms with Gasteiger partial charge in [0.1, 0.15) is 11.6 Å². The minimum absolute atomic E-state index is 0.0921. The fraction of sp³-hybridized carbons (Fsp3) is 0.250. The number of nitriles is 1. The van der Waals surface area contributed by atoms with Crippen LogP contribution >= 0.6 is 11.6 Å². The second kappa shape index (κ2) is 7.68. The van der Waals surface area contributed by atoms with E-state index in [2.05, 4.69) is 15.4 Å². The second-order valence-electron chi connectivity index (χ2n) is 6.49. The highest BCUT2D eigenvalue weighted by Crippen LogP contribution is 2.38. The van der Waals surface area contributed by atoms with Gasteiger partial charge in [-0.25, -0.2) is 0 Å². The Balaban J connectivity index is 1.72. The lowest BCUT2D eigenvalue weighted by atomic mass is 10.1. The van der Waals surface area contributed by atoms with E-state index in [-0.39, 0.29) is 16.2 Å². The topological polar surface area (TPSA) is 86.9 Å². The molecule has 2 aromatic rings. The maximum atomic E-state index is 12.3. The normalized spacial score (nSPS) is 13.8. The molecule has 7 heteroatoms. The number of hydrogen-bond donors (Lipinski definition) is 2. The third-order valence-corrected chi connectivity index (χ3v) is 4.84. The molecule has 1 aliphatic rings. The lowest BCUT2D eigenvalue weighted by Gasteiger charge is -2.08. The van der Waals surface area contributed by atoms with E-state index in [1.54, 1.807) is 18.2 Å². The SMILES string of the molecule is Cc1cc(/C=C(/C#N)C(=O)NNC(=O)c2ccccc2Cl)c(C)n1C1CC1. The van der Waals surface area contributed by atoms with Crippen LogP contribution in [-0.4, -0.2) is 16.4 Å². The van der Waals surface area contributed by atoms with Gasteiger partial charge in [0.05, 0.1) is 10.6 Å². The molecule has 2 amide bonds. The fourth-order valence-corrected chi connectivity index (χ4v) is 3.26. The van der Waals surface area contributed by atoms with Gasteiger partial charge in [-0.3, -0.25) is 20.4 Å². The van der Waals surface area contributed by atoms with E-state index in [9.17, 15) is 14.9 Å². The van der Waals surface area contributed by atoms with Crippen LogP contribution in [0.1, 0.15) is 46.2 Å². The zero-order chi connectivity index (χ0) is 19.6. The highest BCUT2D eigenvalue weighted by atomic mass is 35.5. The molecule has 0 aliphatic heterocycles. The number of nitrogens with zero attached hydrogens (tertiary/aromatic N) is 2. The summed E-state index contributed by atoms with van der Waals surface area (Å²) in [5.41, 5.74) is 7.63. The number of carbonyl (C=O) groups is 2. The van der Waals surface area contributed by atoms with Gasteiger partial charge in [0.25, 0.3) is 11.8 Å². The summed E-state index contributed by atoms with van der Waals surface area (Å²) >= 11 is 5.96. The van der Waals surface area contributed by atoms with Gasteiger partial charge in [-0.05, 0) is 56.5 Å². The van der Waals surface area contributed by atoms with Crippen molar-refractivity contribution in [3.05, 3.63) is 63.4 Å². The Hall–Kier alpha value is -3.04. The third kappa shape index (κ3) is 4.04. The van der Waals surface area contributed by atoms with Crippen LogP contribution in [0.2, 0.25) is 5.02 Å². The van der Waals surface area contributed by atoms with Crippen LogP contribution in [0, 0.1) is 25.2 Å². The molecular formula is C20H19ClN4O2. The molecule has 1 saturated carbocycles. The first-order chi connectivity index (χ1) is 12.9. The van der Waals surface area contributed by atoms with E-state index in [0.29, 0.717) is 6.04 Å². The lowest BCUT2D eigenvalue weighted by molar-refractivity contribution is -0.117. The van der Waals surface area contributed by atoms with Crippen molar-refractivity contribution in [2.45, 2.75) is 32.7 Å². The molecule has 0 bridgehead atoms. The fourth-order valence-electron chi connectivity index (χ4n) is 3.04. The van der Waals surface area contributed by atoms with Crippen molar-refractivity contribution in [3.63, 3.8) is 0 Å². The number of halogens is 1. The smallest absolute Gasteiger partial charge is 0.280 e. The summed E-state index contributed by atoms with van der Waals surface area (Å²) in [7, 11) is 0. The van der Waals surface area contributed by atoms with Crippen LogP contribution in [-0.2, 0) is 4.79 Å². The summed E-state index contributed by atoms with van der Waals surface area (Å²) in [6.45, 7) is 3.99. The summed E-state index contributed by atoms with van der Waals surface area (Å²) in [5.74, 6) is -1.24. The molecule has 0 saturated heterocycles. The van der Waals surface area contributed by atoms with E-state index in [0.717, 1.165) is 29.8 Å². The number of aryl methyl sites for hydroxylation is 1. The van der Waals surface area contributed by atoms with Gasteiger partial charge in [0.2, 0.25) is 0 Å². The molecule has 2 N–H and O–H groups in total. The molecule has 1 aromatic heterocycles. The standard InChI is InChI=1S/C20H19ClN4O2/c1-12-9-14(13(2)25(12)16-7-8-16)10-15(11-22)19(26)23-24-20(27)17-5-3-4-6-18(17)21/h3-6,9-10,16H,7-8H2,1-2H3,(H,23,26)(H,24,27)/b15-10-. The average molecular weight is 383 g/mol. The van der Waals surface area contributed by atoms with Crippen LogP contribution in [0.3, 0.4) is 0 Å². The van der Waals surface area contributed by atoms with Crippen molar-refractivity contribution in [2.75, 3.05) is 0 Å². The molecule has 0 unspecified atom stereocenters. The zero-order valence-electron chi connectivity index (χ0n) is 15.0. The Kier molecular flexibility index (Phi) is 5.33. The van der Waals surface area contributed by atoms with Crippen molar-refractivity contribution in [1.29, 1.82) is 5.26 Å². The minimum atomic E-state index is -0.686. The van der Waals surface area contributed by atoms with Crippen LogP contribution in [0.5, 0.6) is 0 Å². The van der Waals surface area contributed by atoms with Crippen molar-refractivity contribution >= 4 is 29.5 Å². The molecule has 0 atom stereocenters. The first-order valence-corrected chi connectivity index (χ1v) is 8.95. The van der Waals surface area contributed by atoms with Crippen LogP contribution < -0.4 is 10.9 Å². The van der Waals surface area contributed by atoms with Crippen molar-refractivity contribution in [1.82, 2.24) is 15.4 Å². The summed E-state index contributed by atoms with van der Waals surface area (Å²) < 4.78 is 2.23. The number of nitrogens with one attached hydrogen (secondary N) is 2. The molecule has 27 heavy (non-hydrogen) atoms. The molecule has 1 heterocycles. The molecule has 0 spiro atoms. The summed E-state index contributed by atoms with van der Waals surface area (Å²) in [6.07, 6.45) is 3.84. The Bertz CT molecular complexity index is 980. The number of amides is 2. The first-order valence-electron chi connectivity index (χ1n) is 8.57. The van der Waals surface area contributed by atoms with Gasteiger partial charge < -0.3 is 4.57 Å². The maximum absolute atomic E-state index is 12.3. The largest absolute Gasteiger partial charge is 0.346 e. The van der Waals surface area contributed by atoms with Gasteiger partial charge in [-0.2, -0.15) is 5.26 Å². The van der Waals surface area contributed by atoms with Crippen LogP contribution in [0.25, 0.3) is 6.08 Å². The second-order valence-corrected chi connectivity index (χ2v) is 6.89. The van der Waals surface area contributed by atoms with Crippen molar-refractivity contribution in [3.8, 4) is 6.07 Å². The van der Waals surface area contributed by atoms with Gasteiger partial charge in [-0.15, -0.1) is 0 Å². The molecule has 1 fully saturated rings. The number of benzene rings is 1. The highest BCUT2D eigenvalue weighted by Gasteiger charge is 2.26. The average Bonchev–Trinajstić information content (AvgIpc) is 3.43. The minimum Gasteiger partial charge on any atom is -0.346 e. The van der Waals surface area contributed by atoms with Crippen molar-refractivity contribution in [2.24, 2.45) is 0 Å². The third-order valence-electron chi connectivity index (χ3n) is 4.51. The molecule has 1 aliphatic carbocycles. The van der Waals surface area contributed by atoms with Gasteiger partial charge >= 0.3 is 0 Å². The molecule has 0 radical (unpaired) electrons. The summed E-state index contributed by atoms with van der Waals surface area (Å²) in [6, 6.07) is 10.8. The Morgan fingerprint density at radius 2 is 1.96 bits per heavy atom. The molecule has 6 nitrogen and oxygen atoms in total. The molecule has 138 valence electrons. The van der Waals surface area contributed by atoms with E-state index >= 15 is 0 Å². The van der Waals surface area contributed by atoms with Crippen LogP contribution in [0.15, 0.2) is 35.9 Å². The van der Waals surface area contributed by atoms with Gasteiger partial charge in [0.15, 0.2) is 0 Å². The Morgan fingerprint density at radius 1 is 1.26 bits per heavy atom. The predicted molar refractivity (Wildman–Crippen MR) is 103 cm³/mol. The van der Waals surface area contributed by atoms with E-state index < -0.39 is 11.8 Å². The predicted octanol–water partition coefficient (Wildman–Crippen LogP) is 3.46. The van der Waals surface area contributed by atoms with Gasteiger partial charge in [-0.1, -0.05) is 23.7 Å². The number of hydrazine groups is 1. The number of carbonyl (C=O) groups excluding carboxylic acids is 2. The zero-order valence-corrected chi connectivity index (χ0v) is 15.8. The lowest BCUT2D eigenvalue weighted by Crippen LogP contribution is -2.42. The maximum Gasteiger partial charge on any atom is 0.280 e. The quantitative estimate of drug-likeness (QED) is 0.482. The number of rotatable bonds is 4. The summed E-state index contributed by atoms with van der Waals surface area (Å²) in [5, 5.41) is 9.62. The Labute approximate surface area is 162 Å². The monoisotopic (exact) mass is 382 g/mol. The Morgan fingerprint density at radius 3 is 2.59 bits per heavy atom. The van der Waals surface area contributed by atoms with Gasteiger partial charge in [0, 0.05) is 17.4 Å². The van der Waals surface area contributed by atoms with E-state index in [1.807, 2.05) is 26.0 Å². The highest BCUT2D eigenvalue weighted by molar-refractivity contribution is 6.33. The van der Waals surface area contributed by atoms with Crippen LogP contribution in [0.4, 0.5) is 0 Å². The molecular weight excluding hydrogens is 364 g/mol. The number of aromatic nitrogens is 1. The number of hydrogen-bond acceptors (Lipinski definition) is 3. The summed E-state index contributed by atoms with van der Waals surface area (Å²) in [4.78, 5) is 24.4. The van der Waals surface area contributed by atoms with Crippen molar-refractivity contribution < 1.29 is 9.59 Å².